The number of hydrogen-bond donors (Lipinski definition) is 3. The highest BCUT2D eigenvalue weighted by molar-refractivity contribution is 5.17. The molecule has 0 radical (unpaired) electrons. The van der Waals surface area contributed by atoms with Crippen LogP contribution in [0.3, 0.4) is 0 Å². The molecule has 9 atom stereocenters. The van der Waals surface area contributed by atoms with Crippen LogP contribution >= 0.6 is 0 Å². The standard InChI is InChI=1S/C30H52O4/c1-19-9-10-22-21(13-17-29(22,7)32)26(2,3)20(19)11-12-23-28(6)16-14-24(31)27(4,5)34-25(28)15-18-30(23,8)33/h9,20-25,31-33H,10-18H2,1-8H3/t20-,21-,22-,23-,24-,25-,28-,29-,30+/m1/s1. The second kappa shape index (κ2) is 8.57. The Morgan fingerprint density at radius 3 is 2.18 bits per heavy atom. The van der Waals surface area contributed by atoms with Gasteiger partial charge in [-0.15, -0.1) is 0 Å². The van der Waals surface area contributed by atoms with Crippen molar-refractivity contribution in [2.45, 2.75) is 142 Å². The number of ether oxygens (including phenoxy) is 1. The number of fused-ring (bicyclic) bond motifs is 2. The fourth-order valence-corrected chi connectivity index (χ4v) is 9.08. The predicted octanol–water partition coefficient (Wildman–Crippen LogP) is 6.02. The summed E-state index contributed by atoms with van der Waals surface area (Å²) < 4.78 is 6.59. The number of allylic oxidation sites excluding steroid dienone is 2. The summed E-state index contributed by atoms with van der Waals surface area (Å²) in [6.45, 7) is 17.6. The topological polar surface area (TPSA) is 69.9 Å². The molecule has 4 nitrogen and oxygen atoms in total. The molecule has 4 aliphatic rings. The first-order chi connectivity index (χ1) is 15.5. The molecule has 1 saturated heterocycles. The van der Waals surface area contributed by atoms with E-state index in [4.69, 9.17) is 4.74 Å². The number of rotatable bonds is 3. The van der Waals surface area contributed by atoms with Crippen molar-refractivity contribution >= 4 is 0 Å². The first-order valence-electron chi connectivity index (χ1n) is 14.0. The van der Waals surface area contributed by atoms with Crippen molar-refractivity contribution in [1.82, 2.24) is 0 Å². The SMILES string of the molecule is CC1=CC[C@@H]2[C@@H](CC[C@@]2(C)O)C(C)(C)[C@@H]1CC[C@@H]1[C@@]2(C)CC[C@@H](O)C(C)(C)O[C@@H]2CC[C@]1(C)O. The van der Waals surface area contributed by atoms with E-state index >= 15 is 0 Å². The molecule has 0 aromatic carbocycles. The largest absolute Gasteiger partial charge is 0.390 e. The second-order valence-corrected chi connectivity index (χ2v) is 14.5. The van der Waals surface area contributed by atoms with Crippen LogP contribution in [0.4, 0.5) is 0 Å². The quantitative estimate of drug-likeness (QED) is 0.436. The van der Waals surface area contributed by atoms with Gasteiger partial charge in [0.2, 0.25) is 0 Å². The van der Waals surface area contributed by atoms with Crippen molar-refractivity contribution in [2.75, 3.05) is 0 Å². The van der Waals surface area contributed by atoms with Gasteiger partial charge in [0, 0.05) is 0 Å². The molecule has 196 valence electrons. The Hall–Kier alpha value is -0.420. The van der Waals surface area contributed by atoms with Gasteiger partial charge in [0.25, 0.3) is 0 Å². The summed E-state index contributed by atoms with van der Waals surface area (Å²) in [5, 5.41) is 33.5. The molecule has 2 saturated carbocycles. The second-order valence-electron chi connectivity index (χ2n) is 14.5. The molecule has 3 fully saturated rings. The highest BCUT2D eigenvalue weighted by atomic mass is 16.5. The Balaban J connectivity index is 1.59. The van der Waals surface area contributed by atoms with E-state index in [2.05, 4.69) is 33.8 Å². The van der Waals surface area contributed by atoms with Gasteiger partial charge < -0.3 is 20.1 Å². The first kappa shape index (κ1) is 26.6. The van der Waals surface area contributed by atoms with Crippen LogP contribution in [0.5, 0.6) is 0 Å². The van der Waals surface area contributed by atoms with Gasteiger partial charge in [0.05, 0.1) is 29.0 Å². The van der Waals surface area contributed by atoms with E-state index in [0.717, 1.165) is 57.8 Å². The van der Waals surface area contributed by atoms with Crippen LogP contribution in [-0.2, 0) is 4.74 Å². The lowest BCUT2D eigenvalue weighted by molar-refractivity contribution is -0.206. The molecule has 0 aromatic rings. The van der Waals surface area contributed by atoms with Crippen molar-refractivity contribution in [3.63, 3.8) is 0 Å². The molecular weight excluding hydrogens is 424 g/mol. The number of aliphatic hydroxyl groups excluding tert-OH is 1. The highest BCUT2D eigenvalue weighted by Gasteiger charge is 2.57. The van der Waals surface area contributed by atoms with Crippen molar-refractivity contribution in [1.29, 1.82) is 0 Å². The predicted molar refractivity (Wildman–Crippen MR) is 137 cm³/mol. The van der Waals surface area contributed by atoms with E-state index in [1.807, 2.05) is 27.7 Å². The molecule has 34 heavy (non-hydrogen) atoms. The normalized spacial score (nSPS) is 50.5. The van der Waals surface area contributed by atoms with E-state index < -0.39 is 22.9 Å². The summed E-state index contributed by atoms with van der Waals surface area (Å²) in [6, 6.07) is 0. The maximum Gasteiger partial charge on any atom is 0.0888 e. The van der Waals surface area contributed by atoms with E-state index in [1.165, 1.54) is 5.57 Å². The molecule has 0 aromatic heterocycles. The summed E-state index contributed by atoms with van der Waals surface area (Å²) in [7, 11) is 0. The monoisotopic (exact) mass is 476 g/mol. The fourth-order valence-electron chi connectivity index (χ4n) is 9.08. The van der Waals surface area contributed by atoms with Gasteiger partial charge >= 0.3 is 0 Å². The summed E-state index contributed by atoms with van der Waals surface area (Å²) in [5.41, 5.74) is -0.412. The minimum Gasteiger partial charge on any atom is -0.390 e. The molecule has 4 heteroatoms. The molecular formula is C30H52O4. The molecule has 3 N–H and O–H groups in total. The average Bonchev–Trinajstić information content (AvgIpc) is 2.93. The Morgan fingerprint density at radius 1 is 0.853 bits per heavy atom. The molecule has 3 aliphatic carbocycles. The van der Waals surface area contributed by atoms with Crippen molar-refractivity contribution in [2.24, 2.45) is 34.5 Å². The summed E-state index contributed by atoms with van der Waals surface area (Å²) >= 11 is 0. The van der Waals surface area contributed by atoms with E-state index in [9.17, 15) is 15.3 Å². The summed E-state index contributed by atoms with van der Waals surface area (Å²) in [5.74, 6) is 1.44. The van der Waals surface area contributed by atoms with Gasteiger partial charge in [-0.3, -0.25) is 0 Å². The zero-order valence-electron chi connectivity index (χ0n) is 23.2. The van der Waals surface area contributed by atoms with Gasteiger partial charge in [0.1, 0.15) is 0 Å². The molecule has 0 unspecified atom stereocenters. The highest BCUT2D eigenvalue weighted by Crippen LogP contribution is 2.59. The fraction of sp³-hybridized carbons (Fsp3) is 0.933. The zero-order chi connectivity index (χ0) is 25.3. The van der Waals surface area contributed by atoms with Crippen LogP contribution < -0.4 is 0 Å². The minimum absolute atomic E-state index is 0.0676. The molecule has 4 rings (SSSR count). The maximum absolute atomic E-state index is 11.7. The number of hydrogen-bond acceptors (Lipinski definition) is 4. The zero-order valence-corrected chi connectivity index (χ0v) is 23.2. The van der Waals surface area contributed by atoms with Crippen LogP contribution in [0, 0.1) is 34.5 Å². The van der Waals surface area contributed by atoms with E-state index in [-0.39, 0.29) is 22.9 Å². The van der Waals surface area contributed by atoms with Crippen LogP contribution in [0.15, 0.2) is 11.6 Å². The van der Waals surface area contributed by atoms with Gasteiger partial charge in [-0.05, 0) is 127 Å². The van der Waals surface area contributed by atoms with Gasteiger partial charge in [-0.1, -0.05) is 32.4 Å². The molecule has 0 bridgehead atoms. The van der Waals surface area contributed by atoms with Gasteiger partial charge in [-0.25, -0.2) is 0 Å². The van der Waals surface area contributed by atoms with E-state index in [1.54, 1.807) is 0 Å². The Morgan fingerprint density at radius 2 is 1.50 bits per heavy atom. The smallest absolute Gasteiger partial charge is 0.0888 e. The third-order valence-electron chi connectivity index (χ3n) is 11.5. The van der Waals surface area contributed by atoms with Gasteiger partial charge in [0.15, 0.2) is 0 Å². The number of aliphatic hydroxyl groups is 3. The summed E-state index contributed by atoms with van der Waals surface area (Å²) in [4.78, 5) is 0. The Kier molecular flexibility index (Phi) is 6.71. The van der Waals surface area contributed by atoms with Crippen molar-refractivity contribution in [3.8, 4) is 0 Å². The lowest BCUT2D eigenvalue weighted by atomic mass is 9.55. The van der Waals surface area contributed by atoms with E-state index in [0.29, 0.717) is 17.8 Å². The van der Waals surface area contributed by atoms with Crippen molar-refractivity contribution in [3.05, 3.63) is 11.6 Å². The minimum atomic E-state index is -0.722. The van der Waals surface area contributed by atoms with Crippen LogP contribution in [0.2, 0.25) is 0 Å². The molecule has 1 heterocycles. The first-order valence-corrected chi connectivity index (χ1v) is 14.0. The molecule has 1 aliphatic heterocycles. The Labute approximate surface area is 208 Å². The van der Waals surface area contributed by atoms with Gasteiger partial charge in [-0.2, -0.15) is 0 Å². The maximum atomic E-state index is 11.7. The molecule has 0 spiro atoms. The third-order valence-corrected chi connectivity index (χ3v) is 11.5. The summed E-state index contributed by atoms with van der Waals surface area (Å²) in [6.07, 6.45) is 10.2. The average molecular weight is 477 g/mol. The molecule has 0 amide bonds. The van der Waals surface area contributed by atoms with Crippen molar-refractivity contribution < 1.29 is 20.1 Å². The van der Waals surface area contributed by atoms with Crippen LogP contribution in [0.1, 0.15) is 113 Å². The lowest BCUT2D eigenvalue weighted by Gasteiger charge is -2.54. The Bertz CT molecular complexity index is 794. The third kappa shape index (κ3) is 4.33. The lowest BCUT2D eigenvalue weighted by Crippen LogP contribution is -2.56. The van der Waals surface area contributed by atoms with Crippen LogP contribution in [0.25, 0.3) is 0 Å². The van der Waals surface area contributed by atoms with Crippen LogP contribution in [-0.4, -0.2) is 44.3 Å².